The SMILES string of the molecule is O=C(c1cc(F)ccc1F)N1C[C@H]2CC[C@@H](C1)C2O. The van der Waals surface area contributed by atoms with Crippen molar-refractivity contribution >= 4 is 5.91 Å². The maximum Gasteiger partial charge on any atom is 0.256 e. The first-order valence-corrected chi connectivity index (χ1v) is 6.48. The Kier molecular flexibility index (Phi) is 3.01. The molecule has 1 aliphatic heterocycles. The van der Waals surface area contributed by atoms with Crippen molar-refractivity contribution in [3.05, 3.63) is 35.4 Å². The van der Waals surface area contributed by atoms with Crippen LogP contribution in [0.4, 0.5) is 8.78 Å². The van der Waals surface area contributed by atoms with Gasteiger partial charge >= 0.3 is 0 Å². The van der Waals surface area contributed by atoms with Gasteiger partial charge in [0.25, 0.3) is 5.91 Å². The van der Waals surface area contributed by atoms with E-state index in [1.165, 1.54) is 4.90 Å². The van der Waals surface area contributed by atoms with Crippen molar-refractivity contribution < 1.29 is 18.7 Å². The molecule has 1 aromatic rings. The number of hydrogen-bond acceptors (Lipinski definition) is 2. The Morgan fingerprint density at radius 2 is 1.84 bits per heavy atom. The molecule has 2 bridgehead atoms. The fourth-order valence-corrected chi connectivity index (χ4v) is 3.19. The van der Waals surface area contributed by atoms with Crippen LogP contribution in [0.1, 0.15) is 23.2 Å². The summed E-state index contributed by atoms with van der Waals surface area (Å²) < 4.78 is 26.7. The van der Waals surface area contributed by atoms with E-state index in [1.807, 2.05) is 0 Å². The molecular formula is C14H15F2NO2. The number of aliphatic hydroxyl groups is 1. The van der Waals surface area contributed by atoms with Crippen LogP contribution in [0, 0.1) is 23.5 Å². The molecule has 1 aliphatic carbocycles. The van der Waals surface area contributed by atoms with Gasteiger partial charge in [-0.3, -0.25) is 4.79 Å². The predicted molar refractivity (Wildman–Crippen MR) is 64.5 cm³/mol. The second-order valence-electron chi connectivity index (χ2n) is 5.42. The van der Waals surface area contributed by atoms with Gasteiger partial charge < -0.3 is 10.0 Å². The van der Waals surface area contributed by atoms with Crippen molar-refractivity contribution in [2.75, 3.05) is 13.1 Å². The number of halogens is 2. The number of carbonyl (C=O) groups excluding carboxylic acids is 1. The first kappa shape index (κ1) is 12.5. The Morgan fingerprint density at radius 3 is 2.47 bits per heavy atom. The number of aliphatic hydroxyl groups excluding tert-OH is 1. The number of carbonyl (C=O) groups is 1. The van der Waals surface area contributed by atoms with Gasteiger partial charge in [0, 0.05) is 24.9 Å². The maximum atomic E-state index is 13.6. The van der Waals surface area contributed by atoms with Crippen LogP contribution in [-0.2, 0) is 0 Å². The zero-order valence-electron chi connectivity index (χ0n) is 10.4. The fourth-order valence-electron chi connectivity index (χ4n) is 3.19. The number of nitrogens with zero attached hydrogens (tertiary/aromatic N) is 1. The lowest BCUT2D eigenvalue weighted by Crippen LogP contribution is -2.47. The molecule has 1 saturated heterocycles. The van der Waals surface area contributed by atoms with Crippen LogP contribution in [0.25, 0.3) is 0 Å². The first-order chi connectivity index (χ1) is 9.06. The van der Waals surface area contributed by atoms with E-state index in [-0.39, 0.29) is 23.5 Å². The Hall–Kier alpha value is -1.49. The summed E-state index contributed by atoms with van der Waals surface area (Å²) in [5.41, 5.74) is -0.226. The van der Waals surface area contributed by atoms with Gasteiger partial charge in [0.15, 0.2) is 0 Å². The highest BCUT2D eigenvalue weighted by Crippen LogP contribution is 2.37. The Balaban J connectivity index is 1.83. The van der Waals surface area contributed by atoms with Crippen LogP contribution in [-0.4, -0.2) is 35.1 Å². The van der Waals surface area contributed by atoms with E-state index in [0.29, 0.717) is 13.1 Å². The summed E-state index contributed by atoms with van der Waals surface area (Å²) in [6.45, 7) is 0.846. The van der Waals surface area contributed by atoms with E-state index in [1.54, 1.807) is 0 Å². The van der Waals surface area contributed by atoms with E-state index in [4.69, 9.17) is 0 Å². The molecule has 1 aromatic carbocycles. The summed E-state index contributed by atoms with van der Waals surface area (Å²) in [5, 5.41) is 9.91. The molecule has 102 valence electrons. The zero-order chi connectivity index (χ0) is 13.6. The number of likely N-dealkylation sites (tertiary alicyclic amines) is 1. The summed E-state index contributed by atoms with van der Waals surface area (Å²) in [6, 6.07) is 2.90. The van der Waals surface area contributed by atoms with Crippen molar-refractivity contribution in [1.29, 1.82) is 0 Å². The molecule has 1 heterocycles. The van der Waals surface area contributed by atoms with E-state index in [2.05, 4.69) is 0 Å². The molecule has 19 heavy (non-hydrogen) atoms. The number of benzene rings is 1. The lowest BCUT2D eigenvalue weighted by atomic mass is 9.94. The van der Waals surface area contributed by atoms with Crippen LogP contribution in [0.5, 0.6) is 0 Å². The van der Waals surface area contributed by atoms with Gasteiger partial charge in [0.1, 0.15) is 11.6 Å². The normalized spacial score (nSPS) is 29.6. The summed E-state index contributed by atoms with van der Waals surface area (Å²) in [7, 11) is 0. The van der Waals surface area contributed by atoms with E-state index in [9.17, 15) is 18.7 Å². The maximum absolute atomic E-state index is 13.6. The molecule has 3 nitrogen and oxygen atoms in total. The highest BCUT2D eigenvalue weighted by molar-refractivity contribution is 5.94. The Morgan fingerprint density at radius 1 is 1.21 bits per heavy atom. The van der Waals surface area contributed by atoms with E-state index < -0.39 is 17.5 Å². The van der Waals surface area contributed by atoms with E-state index >= 15 is 0 Å². The van der Waals surface area contributed by atoms with Crippen molar-refractivity contribution in [2.45, 2.75) is 18.9 Å². The zero-order valence-corrected chi connectivity index (χ0v) is 10.4. The van der Waals surface area contributed by atoms with Crippen LogP contribution in [0.2, 0.25) is 0 Å². The third-order valence-corrected chi connectivity index (χ3v) is 4.23. The number of fused-ring (bicyclic) bond motifs is 2. The molecule has 0 spiro atoms. The fraction of sp³-hybridized carbons (Fsp3) is 0.500. The van der Waals surface area contributed by atoms with Crippen molar-refractivity contribution in [3.8, 4) is 0 Å². The van der Waals surface area contributed by atoms with Gasteiger partial charge in [-0.25, -0.2) is 8.78 Å². The monoisotopic (exact) mass is 267 g/mol. The molecule has 3 rings (SSSR count). The average molecular weight is 267 g/mol. The number of rotatable bonds is 1. The highest BCUT2D eigenvalue weighted by atomic mass is 19.1. The van der Waals surface area contributed by atoms with E-state index in [0.717, 1.165) is 31.0 Å². The average Bonchev–Trinajstić information content (AvgIpc) is 2.64. The molecule has 1 N–H and O–H groups in total. The van der Waals surface area contributed by atoms with Gasteiger partial charge in [-0.15, -0.1) is 0 Å². The first-order valence-electron chi connectivity index (χ1n) is 6.48. The summed E-state index contributed by atoms with van der Waals surface area (Å²) in [5.74, 6) is -1.67. The smallest absolute Gasteiger partial charge is 0.256 e. The van der Waals surface area contributed by atoms with Crippen LogP contribution >= 0.6 is 0 Å². The molecular weight excluding hydrogens is 252 g/mol. The summed E-state index contributed by atoms with van der Waals surface area (Å²) >= 11 is 0. The van der Waals surface area contributed by atoms with Crippen molar-refractivity contribution in [2.24, 2.45) is 11.8 Å². The van der Waals surface area contributed by atoms with Crippen LogP contribution < -0.4 is 0 Å². The predicted octanol–water partition coefficient (Wildman–Crippen LogP) is 1.81. The lowest BCUT2D eigenvalue weighted by molar-refractivity contribution is 0.0164. The third-order valence-electron chi connectivity index (χ3n) is 4.23. The van der Waals surface area contributed by atoms with Gasteiger partial charge in [-0.2, -0.15) is 0 Å². The summed E-state index contributed by atoms with van der Waals surface area (Å²) in [4.78, 5) is 13.8. The number of hydrogen-bond donors (Lipinski definition) is 1. The standard InChI is InChI=1S/C14H15F2NO2/c15-10-3-4-12(16)11(5-10)14(19)17-6-8-1-2-9(7-17)13(8)18/h3-5,8-9,13,18H,1-2,6-7H2/t8-,9+,13?. The molecule has 3 atom stereocenters. The highest BCUT2D eigenvalue weighted by Gasteiger charge is 2.42. The van der Waals surface area contributed by atoms with Gasteiger partial charge in [0.05, 0.1) is 11.7 Å². The Labute approximate surface area is 109 Å². The topological polar surface area (TPSA) is 40.5 Å². The minimum atomic E-state index is -0.704. The second-order valence-corrected chi connectivity index (χ2v) is 5.42. The lowest BCUT2D eigenvalue weighted by Gasteiger charge is -2.35. The molecule has 1 unspecified atom stereocenters. The molecule has 0 aromatic heterocycles. The molecule has 1 amide bonds. The van der Waals surface area contributed by atoms with Gasteiger partial charge in [0.2, 0.25) is 0 Å². The van der Waals surface area contributed by atoms with Crippen LogP contribution in [0.3, 0.4) is 0 Å². The van der Waals surface area contributed by atoms with Crippen molar-refractivity contribution in [3.63, 3.8) is 0 Å². The minimum Gasteiger partial charge on any atom is -0.392 e. The summed E-state index contributed by atoms with van der Waals surface area (Å²) in [6.07, 6.45) is 1.42. The van der Waals surface area contributed by atoms with Crippen LogP contribution in [0.15, 0.2) is 18.2 Å². The molecule has 2 aliphatic rings. The van der Waals surface area contributed by atoms with Gasteiger partial charge in [-0.05, 0) is 31.0 Å². The molecule has 1 saturated carbocycles. The molecule has 5 heteroatoms. The quantitative estimate of drug-likeness (QED) is 0.843. The number of amides is 1. The molecule has 2 fully saturated rings. The minimum absolute atomic E-state index is 0.0688. The second kappa shape index (κ2) is 4.56. The van der Waals surface area contributed by atoms with Crippen molar-refractivity contribution in [1.82, 2.24) is 4.90 Å². The third kappa shape index (κ3) is 2.12. The largest absolute Gasteiger partial charge is 0.392 e. The van der Waals surface area contributed by atoms with Gasteiger partial charge in [-0.1, -0.05) is 0 Å². The molecule has 0 radical (unpaired) electrons. The number of piperidine rings is 1. The Bertz CT molecular complexity index is 506.